The maximum Gasteiger partial charge on any atom is 0.254 e. The number of halogens is 3. The minimum atomic E-state index is -3.46. The molecule has 36 heavy (non-hydrogen) atoms. The molecule has 4 atom stereocenters. The second kappa shape index (κ2) is 8.52. The lowest BCUT2D eigenvalue weighted by Crippen LogP contribution is -2.49. The summed E-state index contributed by atoms with van der Waals surface area (Å²) < 4.78 is 54.1. The maximum atomic E-state index is 14.7. The molecule has 6 nitrogen and oxygen atoms in total. The van der Waals surface area contributed by atoms with Gasteiger partial charge >= 0.3 is 0 Å². The molecule has 1 unspecified atom stereocenters. The summed E-state index contributed by atoms with van der Waals surface area (Å²) in [7, 11) is -3.46. The van der Waals surface area contributed by atoms with E-state index >= 15 is 0 Å². The van der Waals surface area contributed by atoms with Crippen molar-refractivity contribution in [2.75, 3.05) is 0 Å². The Morgan fingerprint density at radius 1 is 1.03 bits per heavy atom. The van der Waals surface area contributed by atoms with Gasteiger partial charge in [0.05, 0.1) is 21.2 Å². The van der Waals surface area contributed by atoms with Crippen LogP contribution in [0.2, 0.25) is 5.02 Å². The van der Waals surface area contributed by atoms with Crippen molar-refractivity contribution in [1.29, 1.82) is 0 Å². The number of nitrogens with one attached hydrogen (secondary N) is 1. The van der Waals surface area contributed by atoms with E-state index in [-0.39, 0.29) is 44.8 Å². The molecule has 0 aromatic heterocycles. The van der Waals surface area contributed by atoms with Crippen molar-refractivity contribution < 1.29 is 26.8 Å². The van der Waals surface area contributed by atoms with Gasteiger partial charge in [0, 0.05) is 17.2 Å². The van der Waals surface area contributed by atoms with Gasteiger partial charge in [-0.2, -0.15) is 0 Å². The molecule has 2 aromatic carbocycles. The third kappa shape index (κ3) is 4.20. The Morgan fingerprint density at radius 3 is 2.47 bits per heavy atom. The molecule has 3 aliphatic carbocycles. The minimum Gasteiger partial charge on any atom is -0.347 e. The van der Waals surface area contributed by atoms with E-state index in [0.717, 1.165) is 31.4 Å². The fraction of sp³-hybridized carbons (Fsp3) is 0.462. The zero-order valence-corrected chi connectivity index (χ0v) is 20.9. The van der Waals surface area contributed by atoms with Crippen LogP contribution in [0.25, 0.3) is 0 Å². The lowest BCUT2D eigenvalue weighted by molar-refractivity contribution is -0.126. The first kappa shape index (κ1) is 23.9. The van der Waals surface area contributed by atoms with Gasteiger partial charge in [0.1, 0.15) is 17.7 Å². The molecule has 6 rings (SSSR count). The molecule has 2 aromatic rings. The summed E-state index contributed by atoms with van der Waals surface area (Å²) in [6.45, 7) is 0. The second-order valence-electron chi connectivity index (χ2n) is 10.4. The summed E-state index contributed by atoms with van der Waals surface area (Å²) in [6, 6.07) is 6.41. The van der Waals surface area contributed by atoms with Crippen molar-refractivity contribution in [2.45, 2.75) is 66.8 Å². The Kier molecular flexibility index (Phi) is 5.64. The van der Waals surface area contributed by atoms with E-state index in [2.05, 4.69) is 5.32 Å². The third-order valence-corrected chi connectivity index (χ3v) is 10.3. The standard InChI is InChI=1S/C26H25ClF2N2O4S/c27-19-12-20(28)18(11-21(19)29)24(13-4-5-13)30-25(32)23-10-15-9-22(15)31(23)26(33)14-2-1-3-17(8-14)36(34,35)16-6-7-16/h1-3,8,11-13,15-16,22-24H,4-7,9-10H2,(H,30,32)/t15-,22-,23-,24?/m1/s1. The highest BCUT2D eigenvalue weighted by atomic mass is 35.5. The second-order valence-corrected chi connectivity index (χ2v) is 13.0. The van der Waals surface area contributed by atoms with Crippen LogP contribution in [0.4, 0.5) is 8.78 Å². The van der Waals surface area contributed by atoms with Gasteiger partial charge in [0.15, 0.2) is 9.84 Å². The van der Waals surface area contributed by atoms with Crippen molar-refractivity contribution in [3.63, 3.8) is 0 Å². The SMILES string of the molecule is O=C(NC(c1cc(F)c(Cl)cc1F)C1CC1)[C@H]1C[C@H]2C[C@H]2N1C(=O)c1cccc(S(=O)(=O)C2CC2)c1. The highest BCUT2D eigenvalue weighted by Crippen LogP contribution is 2.49. The molecule has 190 valence electrons. The van der Waals surface area contributed by atoms with Gasteiger partial charge < -0.3 is 10.2 Å². The van der Waals surface area contributed by atoms with Crippen LogP contribution in [-0.2, 0) is 14.6 Å². The van der Waals surface area contributed by atoms with Crippen LogP contribution in [0.15, 0.2) is 41.3 Å². The summed E-state index contributed by atoms with van der Waals surface area (Å²) in [5.41, 5.74) is 0.276. The maximum absolute atomic E-state index is 14.7. The van der Waals surface area contributed by atoms with Gasteiger partial charge in [-0.25, -0.2) is 17.2 Å². The van der Waals surface area contributed by atoms with E-state index in [1.807, 2.05) is 0 Å². The molecular formula is C26H25ClF2N2O4S. The van der Waals surface area contributed by atoms with Crippen LogP contribution in [0.1, 0.15) is 60.5 Å². The van der Waals surface area contributed by atoms with Gasteiger partial charge in [-0.1, -0.05) is 17.7 Å². The zero-order chi connectivity index (χ0) is 25.4. The highest BCUT2D eigenvalue weighted by molar-refractivity contribution is 7.92. The van der Waals surface area contributed by atoms with Crippen LogP contribution in [-0.4, -0.2) is 42.5 Å². The fourth-order valence-corrected chi connectivity index (χ4v) is 7.26. The average Bonchev–Trinajstić information content (AvgIpc) is 3.72. The summed E-state index contributed by atoms with van der Waals surface area (Å²) in [6.07, 6.45) is 4.07. The number of likely N-dealkylation sites (tertiary alicyclic amines) is 1. The van der Waals surface area contributed by atoms with E-state index in [1.165, 1.54) is 12.1 Å². The quantitative estimate of drug-likeness (QED) is 0.533. The monoisotopic (exact) mass is 534 g/mol. The molecule has 1 saturated heterocycles. The predicted octanol–water partition coefficient (Wildman–Crippen LogP) is 4.42. The molecule has 1 N–H and O–H groups in total. The summed E-state index contributed by atoms with van der Waals surface area (Å²) in [4.78, 5) is 28.6. The van der Waals surface area contributed by atoms with Gasteiger partial charge in [0.25, 0.3) is 5.91 Å². The first-order valence-electron chi connectivity index (χ1n) is 12.3. The largest absolute Gasteiger partial charge is 0.347 e. The molecule has 10 heteroatoms. The molecule has 0 bridgehead atoms. The summed E-state index contributed by atoms with van der Waals surface area (Å²) in [5.74, 6) is -2.06. The van der Waals surface area contributed by atoms with Crippen molar-refractivity contribution in [3.05, 3.63) is 64.2 Å². The Hall–Kier alpha value is -2.52. The Labute approximate surface area is 212 Å². The Balaban J connectivity index is 1.24. The van der Waals surface area contributed by atoms with Crippen molar-refractivity contribution in [2.24, 2.45) is 11.8 Å². The van der Waals surface area contributed by atoms with E-state index in [4.69, 9.17) is 11.6 Å². The normalized spacial score (nSPS) is 25.9. The Bertz CT molecular complexity index is 1380. The number of sulfone groups is 1. The summed E-state index contributed by atoms with van der Waals surface area (Å²) in [5, 5.41) is 2.17. The molecule has 2 amide bonds. The molecule has 1 heterocycles. The average molecular weight is 535 g/mol. The lowest BCUT2D eigenvalue weighted by Gasteiger charge is -2.29. The van der Waals surface area contributed by atoms with Crippen LogP contribution in [0, 0.1) is 23.5 Å². The van der Waals surface area contributed by atoms with Gasteiger partial charge in [-0.15, -0.1) is 0 Å². The molecule has 4 fully saturated rings. The van der Waals surface area contributed by atoms with Crippen molar-refractivity contribution >= 4 is 33.3 Å². The molecule has 4 aliphatic rings. The molecule has 0 spiro atoms. The summed E-state index contributed by atoms with van der Waals surface area (Å²) >= 11 is 5.70. The molecule has 0 radical (unpaired) electrons. The van der Waals surface area contributed by atoms with Crippen LogP contribution in [0.3, 0.4) is 0 Å². The minimum absolute atomic E-state index is 0.0200. The smallest absolute Gasteiger partial charge is 0.254 e. The fourth-order valence-electron chi connectivity index (χ4n) is 5.41. The number of rotatable bonds is 7. The number of hydrogen-bond acceptors (Lipinski definition) is 4. The molecule has 1 aliphatic heterocycles. The van der Waals surface area contributed by atoms with Crippen LogP contribution >= 0.6 is 11.6 Å². The van der Waals surface area contributed by atoms with E-state index in [1.54, 1.807) is 17.0 Å². The van der Waals surface area contributed by atoms with E-state index in [0.29, 0.717) is 19.3 Å². The third-order valence-electron chi connectivity index (χ3n) is 7.78. The number of hydrogen-bond donors (Lipinski definition) is 1. The number of fused-ring (bicyclic) bond motifs is 1. The molecule has 3 saturated carbocycles. The highest BCUT2D eigenvalue weighted by Gasteiger charge is 2.56. The van der Waals surface area contributed by atoms with E-state index in [9.17, 15) is 26.8 Å². The first-order valence-corrected chi connectivity index (χ1v) is 14.2. The van der Waals surface area contributed by atoms with E-state index < -0.39 is 44.7 Å². The number of amides is 2. The number of carbonyl (C=O) groups is 2. The predicted molar refractivity (Wildman–Crippen MR) is 128 cm³/mol. The number of nitrogens with zero attached hydrogens (tertiary/aromatic N) is 1. The van der Waals surface area contributed by atoms with Gasteiger partial charge in [-0.05, 0) is 80.7 Å². The van der Waals surface area contributed by atoms with Crippen LogP contribution in [0.5, 0.6) is 0 Å². The molecular weight excluding hydrogens is 510 g/mol. The van der Waals surface area contributed by atoms with Crippen LogP contribution < -0.4 is 5.32 Å². The Morgan fingerprint density at radius 2 is 1.78 bits per heavy atom. The van der Waals surface area contributed by atoms with Gasteiger partial charge in [0.2, 0.25) is 5.91 Å². The first-order chi connectivity index (χ1) is 17.1. The topological polar surface area (TPSA) is 83.6 Å². The van der Waals surface area contributed by atoms with Crippen molar-refractivity contribution in [3.8, 4) is 0 Å². The van der Waals surface area contributed by atoms with Crippen molar-refractivity contribution in [1.82, 2.24) is 10.2 Å². The number of benzene rings is 2. The number of piperidine rings is 1. The zero-order valence-electron chi connectivity index (χ0n) is 19.3. The lowest BCUT2D eigenvalue weighted by atomic mass is 10.00. The van der Waals surface area contributed by atoms with Gasteiger partial charge in [-0.3, -0.25) is 9.59 Å². The number of carbonyl (C=O) groups excluding carboxylic acids is 2.